The van der Waals surface area contributed by atoms with E-state index in [0.717, 1.165) is 22.7 Å². The maximum absolute atomic E-state index is 13.5. The third kappa shape index (κ3) is 6.28. The number of nitrogens with zero attached hydrogens (tertiary/aromatic N) is 3. The van der Waals surface area contributed by atoms with Crippen LogP contribution in [-0.2, 0) is 25.8 Å². The number of hydrogen-bond donors (Lipinski definition) is 1. The zero-order valence-corrected chi connectivity index (χ0v) is 23.9. The maximum atomic E-state index is 13.5. The standard InChI is InChI=1S/C29H27F3N4O6S/c1-34(43(2,40)41)21-7-9-22(10-8-21)42-17-26(37)35-12-13-36-25(16-35)27(38)33-24-11-6-19(15-23(24)28(36)39)18-4-3-5-20(14-18)29(30,31)32/h3-11,14-15,25H,12-13,16-17H2,1-2H3,(H,33,38). The predicted molar refractivity (Wildman–Crippen MR) is 152 cm³/mol. The molecule has 0 radical (unpaired) electrons. The fraction of sp³-hybridized carbons (Fsp3) is 0.276. The van der Waals surface area contributed by atoms with Crippen LogP contribution in [0.2, 0.25) is 0 Å². The van der Waals surface area contributed by atoms with E-state index < -0.39 is 45.5 Å². The number of sulfonamides is 1. The molecule has 0 saturated carbocycles. The molecule has 0 spiro atoms. The van der Waals surface area contributed by atoms with E-state index in [1.165, 1.54) is 71.4 Å². The Balaban J connectivity index is 1.27. The second-order valence-electron chi connectivity index (χ2n) is 10.2. The van der Waals surface area contributed by atoms with Gasteiger partial charge in [0.2, 0.25) is 15.9 Å². The molecule has 2 heterocycles. The molecule has 0 aliphatic carbocycles. The molecule has 5 rings (SSSR count). The summed E-state index contributed by atoms with van der Waals surface area (Å²) in [7, 11) is -2.02. The molecular weight excluding hydrogens is 589 g/mol. The first-order valence-electron chi connectivity index (χ1n) is 13.1. The van der Waals surface area contributed by atoms with Gasteiger partial charge in [-0.25, -0.2) is 8.42 Å². The molecule has 3 aromatic rings. The van der Waals surface area contributed by atoms with Crippen molar-refractivity contribution in [3.8, 4) is 16.9 Å². The van der Waals surface area contributed by atoms with E-state index in [-0.39, 0.29) is 43.1 Å². The number of benzene rings is 3. The van der Waals surface area contributed by atoms with Gasteiger partial charge in [0.05, 0.1) is 35.3 Å². The van der Waals surface area contributed by atoms with E-state index in [1.54, 1.807) is 0 Å². The number of amides is 3. The van der Waals surface area contributed by atoms with Gasteiger partial charge < -0.3 is 19.9 Å². The van der Waals surface area contributed by atoms with Crippen molar-refractivity contribution in [1.82, 2.24) is 9.80 Å². The Labute approximate surface area is 245 Å². The number of hydrogen-bond acceptors (Lipinski definition) is 6. The van der Waals surface area contributed by atoms with Gasteiger partial charge in [0.15, 0.2) is 6.61 Å². The Morgan fingerprint density at radius 1 is 1.02 bits per heavy atom. The van der Waals surface area contributed by atoms with Crippen LogP contribution < -0.4 is 14.4 Å². The summed E-state index contributed by atoms with van der Waals surface area (Å²) in [6.07, 6.45) is -3.45. The molecule has 2 aliphatic heterocycles. The minimum Gasteiger partial charge on any atom is -0.484 e. The largest absolute Gasteiger partial charge is 0.484 e. The Morgan fingerprint density at radius 2 is 1.72 bits per heavy atom. The van der Waals surface area contributed by atoms with Crippen molar-refractivity contribution in [2.45, 2.75) is 12.2 Å². The second-order valence-corrected chi connectivity index (χ2v) is 12.2. The Kier molecular flexibility index (Phi) is 7.82. The lowest BCUT2D eigenvalue weighted by molar-refractivity contribution is -0.138. The summed E-state index contributed by atoms with van der Waals surface area (Å²) in [5.74, 6) is -1.05. The van der Waals surface area contributed by atoms with Crippen LogP contribution in [-0.4, -0.2) is 81.5 Å². The fourth-order valence-corrected chi connectivity index (χ4v) is 5.42. The molecule has 1 N–H and O–H groups in total. The van der Waals surface area contributed by atoms with Gasteiger partial charge in [-0.1, -0.05) is 18.2 Å². The van der Waals surface area contributed by atoms with Crippen molar-refractivity contribution >= 4 is 39.1 Å². The normalized spacial score (nSPS) is 17.0. The van der Waals surface area contributed by atoms with Gasteiger partial charge in [0, 0.05) is 20.1 Å². The van der Waals surface area contributed by atoms with Crippen molar-refractivity contribution in [2.24, 2.45) is 0 Å². The molecule has 0 aromatic heterocycles. The number of piperazine rings is 1. The Bertz CT molecular complexity index is 1690. The number of carbonyl (C=O) groups is 3. The lowest BCUT2D eigenvalue weighted by Crippen LogP contribution is -2.60. The number of rotatable bonds is 6. The van der Waals surface area contributed by atoms with E-state index in [1.807, 2.05) is 0 Å². The SMILES string of the molecule is CN(c1ccc(OCC(=O)N2CCN3C(=O)c4cc(-c5cccc(C(F)(F)F)c5)ccc4NC(=O)C3C2)cc1)S(C)(=O)=O. The van der Waals surface area contributed by atoms with E-state index in [0.29, 0.717) is 17.0 Å². The van der Waals surface area contributed by atoms with Crippen molar-refractivity contribution in [3.63, 3.8) is 0 Å². The van der Waals surface area contributed by atoms with E-state index in [2.05, 4.69) is 5.32 Å². The molecule has 2 aliphatic rings. The van der Waals surface area contributed by atoms with Crippen LogP contribution in [0.25, 0.3) is 11.1 Å². The number of carbonyl (C=O) groups excluding carboxylic acids is 3. The molecule has 1 fully saturated rings. The molecule has 1 saturated heterocycles. The fourth-order valence-electron chi connectivity index (χ4n) is 4.91. The van der Waals surface area contributed by atoms with Gasteiger partial charge in [0.25, 0.3) is 11.8 Å². The van der Waals surface area contributed by atoms with Crippen LogP contribution in [0.3, 0.4) is 0 Å². The molecule has 10 nitrogen and oxygen atoms in total. The molecule has 1 unspecified atom stereocenters. The quantitative estimate of drug-likeness (QED) is 0.454. The van der Waals surface area contributed by atoms with Crippen molar-refractivity contribution in [1.29, 1.82) is 0 Å². The summed E-state index contributed by atoms with van der Waals surface area (Å²) in [5.41, 5.74) is 0.619. The summed E-state index contributed by atoms with van der Waals surface area (Å²) in [6.45, 7) is -0.225. The monoisotopic (exact) mass is 616 g/mol. The van der Waals surface area contributed by atoms with Gasteiger partial charge in [-0.15, -0.1) is 0 Å². The predicted octanol–water partition coefficient (Wildman–Crippen LogP) is 3.45. The van der Waals surface area contributed by atoms with Crippen LogP contribution in [0.5, 0.6) is 5.75 Å². The molecule has 43 heavy (non-hydrogen) atoms. The summed E-state index contributed by atoms with van der Waals surface area (Å²) in [4.78, 5) is 42.4. The third-order valence-electron chi connectivity index (χ3n) is 7.39. The number of alkyl halides is 3. The summed E-state index contributed by atoms with van der Waals surface area (Å²) in [5, 5.41) is 2.71. The first-order chi connectivity index (χ1) is 20.2. The van der Waals surface area contributed by atoms with E-state index in [4.69, 9.17) is 4.74 Å². The summed E-state index contributed by atoms with van der Waals surface area (Å²) >= 11 is 0. The Morgan fingerprint density at radius 3 is 2.40 bits per heavy atom. The number of ether oxygens (including phenoxy) is 1. The summed E-state index contributed by atoms with van der Waals surface area (Å²) < 4.78 is 69.8. The van der Waals surface area contributed by atoms with Crippen molar-refractivity contribution in [3.05, 3.63) is 77.9 Å². The maximum Gasteiger partial charge on any atom is 0.416 e. The minimum absolute atomic E-state index is 0.0579. The van der Waals surface area contributed by atoms with Crippen LogP contribution in [0.15, 0.2) is 66.7 Å². The molecule has 3 aromatic carbocycles. The van der Waals surface area contributed by atoms with Gasteiger partial charge in [-0.2, -0.15) is 13.2 Å². The van der Waals surface area contributed by atoms with Crippen LogP contribution in [0, 0.1) is 0 Å². The zero-order valence-electron chi connectivity index (χ0n) is 23.1. The van der Waals surface area contributed by atoms with Gasteiger partial charge in [-0.3, -0.25) is 18.7 Å². The lowest BCUT2D eigenvalue weighted by Gasteiger charge is -2.39. The average Bonchev–Trinajstić information content (AvgIpc) is 3.08. The van der Waals surface area contributed by atoms with Gasteiger partial charge >= 0.3 is 6.18 Å². The van der Waals surface area contributed by atoms with E-state index >= 15 is 0 Å². The van der Waals surface area contributed by atoms with Crippen LogP contribution in [0.1, 0.15) is 15.9 Å². The van der Waals surface area contributed by atoms with Crippen LogP contribution in [0.4, 0.5) is 24.5 Å². The molecule has 226 valence electrons. The van der Waals surface area contributed by atoms with Crippen molar-refractivity contribution < 1.29 is 40.7 Å². The highest BCUT2D eigenvalue weighted by Gasteiger charge is 2.40. The average molecular weight is 617 g/mol. The first kappa shape index (κ1) is 29.9. The topological polar surface area (TPSA) is 116 Å². The lowest BCUT2D eigenvalue weighted by atomic mass is 9.99. The van der Waals surface area contributed by atoms with Crippen LogP contribution >= 0.6 is 0 Å². The highest BCUT2D eigenvalue weighted by atomic mass is 32.2. The molecule has 0 bridgehead atoms. The minimum atomic E-state index is -4.53. The number of anilines is 2. The smallest absolute Gasteiger partial charge is 0.416 e. The summed E-state index contributed by atoms with van der Waals surface area (Å²) in [6, 6.07) is 14.4. The van der Waals surface area contributed by atoms with Crippen molar-refractivity contribution in [2.75, 3.05) is 49.2 Å². The first-order valence-corrected chi connectivity index (χ1v) is 15.0. The number of fused-ring (bicyclic) bond motifs is 2. The number of halogens is 3. The second kappa shape index (κ2) is 11.2. The Hall–Kier alpha value is -4.59. The highest BCUT2D eigenvalue weighted by Crippen LogP contribution is 2.34. The van der Waals surface area contributed by atoms with Gasteiger partial charge in [-0.05, 0) is 59.7 Å². The third-order valence-corrected chi connectivity index (χ3v) is 8.59. The van der Waals surface area contributed by atoms with E-state index in [9.17, 15) is 36.0 Å². The number of nitrogens with one attached hydrogen (secondary N) is 1. The zero-order chi connectivity index (χ0) is 31.1. The molecule has 14 heteroatoms. The molecular formula is C29H27F3N4O6S. The van der Waals surface area contributed by atoms with Gasteiger partial charge in [0.1, 0.15) is 11.8 Å². The molecule has 3 amide bonds. The molecule has 1 atom stereocenters. The highest BCUT2D eigenvalue weighted by molar-refractivity contribution is 7.92.